The van der Waals surface area contributed by atoms with Gasteiger partial charge >= 0.3 is 6.09 Å². The average Bonchev–Trinajstić information content (AvgIpc) is 3.33. The number of ether oxygens (including phenoxy) is 3. The summed E-state index contributed by atoms with van der Waals surface area (Å²) in [5, 5.41) is 7.32. The lowest BCUT2D eigenvalue weighted by molar-refractivity contribution is 0.0483. The van der Waals surface area contributed by atoms with Crippen molar-refractivity contribution in [1.82, 2.24) is 25.1 Å². The number of rotatable bonds is 7. The van der Waals surface area contributed by atoms with Crippen molar-refractivity contribution in [2.75, 3.05) is 13.7 Å². The predicted octanol–water partition coefficient (Wildman–Crippen LogP) is 4.94. The van der Waals surface area contributed by atoms with Gasteiger partial charge < -0.3 is 19.5 Å². The Morgan fingerprint density at radius 3 is 2.64 bits per heavy atom. The number of amides is 1. The molecule has 0 spiro atoms. The van der Waals surface area contributed by atoms with Gasteiger partial charge in [-0.15, -0.1) is 0 Å². The number of halogens is 1. The molecule has 1 fully saturated rings. The lowest BCUT2D eigenvalue weighted by Crippen LogP contribution is -2.41. The lowest BCUT2D eigenvalue weighted by Gasteiger charge is -2.30. The highest BCUT2D eigenvalue weighted by Gasteiger charge is 2.25. The fraction of sp³-hybridized carbons (Fsp3) is 0.462. The van der Waals surface area contributed by atoms with E-state index in [4.69, 9.17) is 14.2 Å². The first-order valence-electron chi connectivity index (χ1n) is 12.0. The van der Waals surface area contributed by atoms with E-state index in [0.29, 0.717) is 29.7 Å². The molecule has 1 aliphatic rings. The summed E-state index contributed by atoms with van der Waals surface area (Å²) in [6.07, 6.45) is 9.77. The Morgan fingerprint density at radius 2 is 1.94 bits per heavy atom. The number of nitrogens with one attached hydrogen (secondary N) is 1. The second kappa shape index (κ2) is 10.9. The van der Waals surface area contributed by atoms with Crippen LogP contribution in [0.25, 0.3) is 16.9 Å². The van der Waals surface area contributed by atoms with Gasteiger partial charge in [0.05, 0.1) is 31.8 Å². The second-order valence-electron chi connectivity index (χ2n) is 9.90. The highest BCUT2D eigenvalue weighted by Crippen LogP contribution is 2.30. The van der Waals surface area contributed by atoms with Crippen molar-refractivity contribution in [3.05, 3.63) is 48.9 Å². The molecule has 192 valence electrons. The molecule has 1 N–H and O–H groups in total. The van der Waals surface area contributed by atoms with Crippen LogP contribution >= 0.6 is 0 Å². The minimum absolute atomic E-state index is 0.111. The van der Waals surface area contributed by atoms with Crippen molar-refractivity contribution in [2.24, 2.45) is 5.92 Å². The topological polar surface area (TPSA) is 100 Å². The maximum atomic E-state index is 14.1. The predicted molar refractivity (Wildman–Crippen MR) is 132 cm³/mol. The van der Waals surface area contributed by atoms with Gasteiger partial charge in [0.25, 0.3) is 0 Å². The van der Waals surface area contributed by atoms with Gasteiger partial charge in [0.2, 0.25) is 0 Å². The van der Waals surface area contributed by atoms with Gasteiger partial charge in [0.15, 0.2) is 17.3 Å². The van der Waals surface area contributed by atoms with E-state index >= 15 is 0 Å². The molecular weight excluding hydrogens is 465 g/mol. The Hall–Kier alpha value is -3.69. The molecule has 1 amide bonds. The zero-order chi connectivity index (χ0) is 25.7. The molecular formula is C26H32FN5O4. The van der Waals surface area contributed by atoms with Crippen LogP contribution in [0.15, 0.2) is 43.1 Å². The van der Waals surface area contributed by atoms with Gasteiger partial charge in [0, 0.05) is 23.9 Å². The molecule has 2 heterocycles. The largest absolute Gasteiger partial charge is 0.494 e. The zero-order valence-electron chi connectivity index (χ0n) is 21.0. The van der Waals surface area contributed by atoms with Crippen LogP contribution in [0.4, 0.5) is 9.18 Å². The quantitative estimate of drug-likeness (QED) is 0.493. The lowest BCUT2D eigenvalue weighted by atomic mass is 9.86. The van der Waals surface area contributed by atoms with Crippen LogP contribution in [-0.2, 0) is 4.74 Å². The molecule has 0 atom stereocenters. The number of hydrogen-bond acceptors (Lipinski definition) is 7. The minimum Gasteiger partial charge on any atom is -0.494 e. The molecule has 9 nitrogen and oxygen atoms in total. The molecule has 4 rings (SSSR count). The van der Waals surface area contributed by atoms with E-state index in [9.17, 15) is 9.18 Å². The van der Waals surface area contributed by atoms with Crippen LogP contribution in [0.5, 0.6) is 11.5 Å². The number of carbonyl (C=O) groups excluding carboxylic acids is 1. The molecule has 1 saturated carbocycles. The van der Waals surface area contributed by atoms with Crippen LogP contribution in [0.1, 0.15) is 46.5 Å². The molecule has 0 radical (unpaired) electrons. The fourth-order valence-electron chi connectivity index (χ4n) is 4.18. The molecule has 3 aromatic rings. The Bertz CT molecular complexity index is 1190. The standard InChI is InChI=1S/C26H32FN5O4/c1-26(2,3)36-25(33)31-19-7-5-17(6-8-19)15-35-23-13-28-16-29-24(23)18-12-30-32(14-18)20-9-10-22(34-4)21(27)11-20/h9-14,16-17,19H,5-8,15H2,1-4H3,(H,31,33). The van der Waals surface area contributed by atoms with Crippen LogP contribution in [0, 0.1) is 11.7 Å². The molecule has 0 saturated heterocycles. The Balaban J connectivity index is 1.35. The van der Waals surface area contributed by atoms with Crippen molar-refractivity contribution in [1.29, 1.82) is 0 Å². The van der Waals surface area contributed by atoms with E-state index in [-0.39, 0.29) is 17.9 Å². The van der Waals surface area contributed by atoms with Crippen molar-refractivity contribution in [2.45, 2.75) is 58.1 Å². The summed E-state index contributed by atoms with van der Waals surface area (Å²) in [5.41, 5.74) is 1.40. The van der Waals surface area contributed by atoms with Gasteiger partial charge in [-0.2, -0.15) is 5.10 Å². The molecule has 0 bridgehead atoms. The molecule has 2 aromatic heterocycles. The molecule has 10 heteroatoms. The normalized spacial score (nSPS) is 17.9. The van der Waals surface area contributed by atoms with Crippen LogP contribution in [-0.4, -0.2) is 51.2 Å². The van der Waals surface area contributed by atoms with Gasteiger partial charge in [0.1, 0.15) is 17.6 Å². The molecule has 0 aliphatic heterocycles. The first kappa shape index (κ1) is 25.4. The Kier molecular flexibility index (Phi) is 7.71. The van der Waals surface area contributed by atoms with Crippen molar-refractivity contribution < 1.29 is 23.4 Å². The molecule has 0 unspecified atom stereocenters. The summed E-state index contributed by atoms with van der Waals surface area (Å²) in [6, 6.07) is 4.76. The number of benzene rings is 1. The second-order valence-corrected chi connectivity index (χ2v) is 9.90. The fourth-order valence-corrected chi connectivity index (χ4v) is 4.18. The Morgan fingerprint density at radius 1 is 1.17 bits per heavy atom. The summed E-state index contributed by atoms with van der Waals surface area (Å²) < 4.78 is 32.2. The van der Waals surface area contributed by atoms with Crippen molar-refractivity contribution in [3.8, 4) is 28.4 Å². The monoisotopic (exact) mass is 497 g/mol. The molecule has 1 aliphatic carbocycles. The maximum absolute atomic E-state index is 14.1. The van der Waals surface area contributed by atoms with E-state index in [0.717, 1.165) is 31.2 Å². The number of methoxy groups -OCH3 is 1. The highest BCUT2D eigenvalue weighted by molar-refractivity contribution is 5.68. The summed E-state index contributed by atoms with van der Waals surface area (Å²) in [4.78, 5) is 20.5. The minimum atomic E-state index is -0.508. The van der Waals surface area contributed by atoms with Gasteiger partial charge in [-0.3, -0.25) is 0 Å². The third-order valence-corrected chi connectivity index (χ3v) is 5.98. The maximum Gasteiger partial charge on any atom is 0.407 e. The summed E-state index contributed by atoms with van der Waals surface area (Å²) in [5.74, 6) is 0.633. The van der Waals surface area contributed by atoms with Crippen LogP contribution < -0.4 is 14.8 Å². The van der Waals surface area contributed by atoms with Crippen LogP contribution in [0.3, 0.4) is 0 Å². The number of aromatic nitrogens is 4. The summed E-state index contributed by atoms with van der Waals surface area (Å²) in [7, 11) is 1.42. The molecule has 1 aromatic carbocycles. The first-order chi connectivity index (χ1) is 17.2. The van der Waals surface area contributed by atoms with E-state index in [1.807, 2.05) is 20.8 Å². The van der Waals surface area contributed by atoms with E-state index in [1.54, 1.807) is 35.4 Å². The Labute approximate surface area is 210 Å². The third kappa shape index (κ3) is 6.50. The number of hydrogen-bond donors (Lipinski definition) is 1. The highest BCUT2D eigenvalue weighted by atomic mass is 19.1. The number of carbonyl (C=O) groups is 1. The van der Waals surface area contributed by atoms with Gasteiger partial charge in [-0.1, -0.05) is 0 Å². The number of nitrogens with zero attached hydrogens (tertiary/aromatic N) is 4. The SMILES string of the molecule is COc1ccc(-n2cc(-c3ncncc3OCC3CCC(NC(=O)OC(C)(C)C)CC3)cn2)cc1F. The van der Waals surface area contributed by atoms with E-state index < -0.39 is 11.4 Å². The van der Waals surface area contributed by atoms with Gasteiger partial charge in [-0.05, 0) is 64.5 Å². The first-order valence-corrected chi connectivity index (χ1v) is 12.0. The van der Waals surface area contributed by atoms with Crippen molar-refractivity contribution in [3.63, 3.8) is 0 Å². The van der Waals surface area contributed by atoms with Gasteiger partial charge in [-0.25, -0.2) is 23.8 Å². The zero-order valence-corrected chi connectivity index (χ0v) is 21.0. The van der Waals surface area contributed by atoms with E-state index in [1.165, 1.54) is 19.5 Å². The average molecular weight is 498 g/mol. The smallest absolute Gasteiger partial charge is 0.407 e. The molecule has 36 heavy (non-hydrogen) atoms. The van der Waals surface area contributed by atoms with Crippen molar-refractivity contribution >= 4 is 6.09 Å². The van der Waals surface area contributed by atoms with Crippen LogP contribution in [0.2, 0.25) is 0 Å². The van der Waals surface area contributed by atoms with E-state index in [2.05, 4.69) is 20.4 Å². The number of alkyl carbamates (subject to hydrolysis) is 1. The summed E-state index contributed by atoms with van der Waals surface area (Å²) in [6.45, 7) is 6.09. The summed E-state index contributed by atoms with van der Waals surface area (Å²) >= 11 is 0. The third-order valence-electron chi connectivity index (χ3n) is 5.98.